The first kappa shape index (κ1) is 18.5. The maximum absolute atomic E-state index is 12.6. The Morgan fingerprint density at radius 1 is 1.38 bits per heavy atom. The molecule has 26 heavy (non-hydrogen) atoms. The molecule has 138 valence electrons. The Balaban J connectivity index is 1.51. The van der Waals surface area contributed by atoms with E-state index >= 15 is 0 Å². The molecule has 1 saturated heterocycles. The van der Waals surface area contributed by atoms with Gasteiger partial charge in [-0.3, -0.25) is 9.59 Å². The van der Waals surface area contributed by atoms with Crippen LogP contribution in [0.4, 0.5) is 5.82 Å². The zero-order valence-electron chi connectivity index (χ0n) is 14.7. The van der Waals surface area contributed by atoms with E-state index in [2.05, 4.69) is 10.5 Å². The number of aryl methyl sites for hydroxylation is 2. The molecular weight excluding hydrogens is 354 g/mol. The van der Waals surface area contributed by atoms with Crippen molar-refractivity contribution in [2.75, 3.05) is 11.9 Å². The van der Waals surface area contributed by atoms with E-state index in [1.54, 1.807) is 17.9 Å². The fourth-order valence-corrected chi connectivity index (χ4v) is 3.47. The molecule has 1 aromatic heterocycles. The van der Waals surface area contributed by atoms with Crippen LogP contribution in [-0.2, 0) is 16.0 Å². The van der Waals surface area contributed by atoms with Crippen molar-refractivity contribution < 1.29 is 14.1 Å². The number of anilines is 1. The molecule has 7 heteroatoms. The van der Waals surface area contributed by atoms with Crippen LogP contribution in [0.3, 0.4) is 0 Å². The highest BCUT2D eigenvalue weighted by Crippen LogP contribution is 2.21. The van der Waals surface area contributed by atoms with Crippen LogP contribution in [-0.4, -0.2) is 34.5 Å². The van der Waals surface area contributed by atoms with E-state index in [1.165, 1.54) is 0 Å². The molecular formula is C19H22ClN3O3. The minimum absolute atomic E-state index is 0.0148. The molecule has 0 aliphatic carbocycles. The molecule has 2 amide bonds. The lowest BCUT2D eigenvalue weighted by molar-refractivity contribution is -0.136. The van der Waals surface area contributed by atoms with Crippen molar-refractivity contribution in [3.05, 3.63) is 46.7 Å². The second-order valence-corrected chi connectivity index (χ2v) is 6.98. The van der Waals surface area contributed by atoms with Gasteiger partial charge in [-0.1, -0.05) is 28.9 Å². The summed E-state index contributed by atoms with van der Waals surface area (Å²) >= 11 is 5.98. The number of carbonyl (C=O) groups is 2. The standard InChI is InChI=1S/C19H22ClN3O3/c1-13-11-17(22-26-13)21-19(25)16-8-4-10-23(16)18(24)9-3-6-14-5-2-7-15(20)12-14/h2,5,7,11-12,16H,3-4,6,8-10H2,1H3,(H,21,22,25). The molecule has 3 rings (SSSR count). The molecule has 0 bridgehead atoms. The van der Waals surface area contributed by atoms with Gasteiger partial charge in [0, 0.05) is 24.1 Å². The van der Waals surface area contributed by atoms with Gasteiger partial charge in [0.05, 0.1) is 0 Å². The summed E-state index contributed by atoms with van der Waals surface area (Å²) in [5.41, 5.74) is 1.11. The zero-order chi connectivity index (χ0) is 18.5. The monoisotopic (exact) mass is 375 g/mol. The van der Waals surface area contributed by atoms with Gasteiger partial charge in [-0.25, -0.2) is 0 Å². The quantitative estimate of drug-likeness (QED) is 0.837. The van der Waals surface area contributed by atoms with Gasteiger partial charge < -0.3 is 14.7 Å². The molecule has 1 aliphatic heterocycles. The number of nitrogens with zero attached hydrogens (tertiary/aromatic N) is 2. The molecule has 1 N–H and O–H groups in total. The van der Waals surface area contributed by atoms with Crippen molar-refractivity contribution >= 4 is 29.2 Å². The van der Waals surface area contributed by atoms with Crippen LogP contribution in [0.1, 0.15) is 37.0 Å². The second-order valence-electron chi connectivity index (χ2n) is 6.54. The minimum Gasteiger partial charge on any atom is -0.360 e. The first-order chi connectivity index (χ1) is 12.5. The molecule has 0 radical (unpaired) electrons. The third-order valence-electron chi connectivity index (χ3n) is 4.50. The maximum atomic E-state index is 12.6. The highest BCUT2D eigenvalue weighted by atomic mass is 35.5. The van der Waals surface area contributed by atoms with Crippen LogP contribution in [0.15, 0.2) is 34.9 Å². The smallest absolute Gasteiger partial charge is 0.248 e. The molecule has 0 spiro atoms. The fourth-order valence-electron chi connectivity index (χ4n) is 3.25. The minimum atomic E-state index is -0.439. The average molecular weight is 376 g/mol. The number of hydrogen-bond acceptors (Lipinski definition) is 4. The van der Waals surface area contributed by atoms with Crippen LogP contribution in [0.2, 0.25) is 5.02 Å². The molecule has 2 aromatic rings. The number of benzene rings is 1. The Hall–Kier alpha value is -2.34. The van der Waals surface area contributed by atoms with Crippen molar-refractivity contribution in [3.63, 3.8) is 0 Å². The van der Waals surface area contributed by atoms with E-state index in [9.17, 15) is 9.59 Å². The summed E-state index contributed by atoms with van der Waals surface area (Å²) in [6.07, 6.45) is 3.43. The molecule has 6 nitrogen and oxygen atoms in total. The number of carbonyl (C=O) groups excluding carboxylic acids is 2. The van der Waals surface area contributed by atoms with Crippen molar-refractivity contribution in [1.29, 1.82) is 0 Å². The van der Waals surface area contributed by atoms with Crippen molar-refractivity contribution in [1.82, 2.24) is 10.1 Å². The summed E-state index contributed by atoms with van der Waals surface area (Å²) in [6.45, 7) is 2.37. The maximum Gasteiger partial charge on any atom is 0.248 e. The Morgan fingerprint density at radius 3 is 2.96 bits per heavy atom. The van der Waals surface area contributed by atoms with Crippen molar-refractivity contribution in [2.24, 2.45) is 0 Å². The number of hydrogen-bond donors (Lipinski definition) is 1. The molecule has 1 atom stereocenters. The second kappa shape index (κ2) is 8.36. The van der Waals surface area contributed by atoms with Gasteiger partial charge in [-0.15, -0.1) is 0 Å². The van der Waals surface area contributed by atoms with Crippen molar-refractivity contribution in [3.8, 4) is 0 Å². The van der Waals surface area contributed by atoms with Gasteiger partial charge in [0.2, 0.25) is 11.8 Å². The first-order valence-electron chi connectivity index (χ1n) is 8.81. The Kier molecular flexibility index (Phi) is 5.93. The van der Waals surface area contributed by atoms with Crippen LogP contribution < -0.4 is 5.32 Å². The van der Waals surface area contributed by atoms with E-state index < -0.39 is 6.04 Å². The fraction of sp³-hybridized carbons (Fsp3) is 0.421. The van der Waals surface area contributed by atoms with Crippen LogP contribution in [0.25, 0.3) is 0 Å². The molecule has 1 fully saturated rings. The number of nitrogens with one attached hydrogen (secondary N) is 1. The first-order valence-corrected chi connectivity index (χ1v) is 9.19. The summed E-state index contributed by atoms with van der Waals surface area (Å²) in [5, 5.41) is 7.19. The number of amides is 2. The Morgan fingerprint density at radius 2 is 2.23 bits per heavy atom. The summed E-state index contributed by atoms with van der Waals surface area (Å²) in [4.78, 5) is 26.7. The number of likely N-dealkylation sites (tertiary alicyclic amines) is 1. The Labute approximate surface area is 157 Å². The summed E-state index contributed by atoms with van der Waals surface area (Å²) in [7, 11) is 0. The van der Waals surface area contributed by atoms with Gasteiger partial charge in [0.25, 0.3) is 0 Å². The van der Waals surface area contributed by atoms with Crippen LogP contribution in [0.5, 0.6) is 0 Å². The van der Waals surface area contributed by atoms with Gasteiger partial charge in [0.15, 0.2) is 5.82 Å². The van der Waals surface area contributed by atoms with Crippen LogP contribution >= 0.6 is 11.6 Å². The lowest BCUT2D eigenvalue weighted by Gasteiger charge is -2.23. The van der Waals surface area contributed by atoms with Crippen molar-refractivity contribution in [2.45, 2.75) is 45.1 Å². The summed E-state index contributed by atoms with van der Waals surface area (Å²) < 4.78 is 4.95. The van der Waals surface area contributed by atoms with E-state index in [0.717, 1.165) is 24.8 Å². The molecule has 1 unspecified atom stereocenters. The normalized spacial score (nSPS) is 16.7. The molecule has 1 aliphatic rings. The summed E-state index contributed by atoms with van der Waals surface area (Å²) in [5.74, 6) is 0.813. The summed E-state index contributed by atoms with van der Waals surface area (Å²) in [6, 6.07) is 8.88. The SMILES string of the molecule is Cc1cc(NC(=O)C2CCCN2C(=O)CCCc2cccc(Cl)c2)no1. The predicted octanol–water partition coefficient (Wildman–Crippen LogP) is 3.59. The van der Waals surface area contributed by atoms with Gasteiger partial charge in [-0.2, -0.15) is 0 Å². The van der Waals surface area contributed by atoms with Gasteiger partial charge in [0.1, 0.15) is 11.8 Å². The Bertz CT molecular complexity index is 790. The molecule has 0 saturated carbocycles. The van der Waals surface area contributed by atoms with E-state index in [1.807, 2.05) is 24.3 Å². The number of halogens is 1. The van der Waals surface area contributed by atoms with Gasteiger partial charge in [-0.05, 0) is 50.3 Å². The zero-order valence-corrected chi connectivity index (χ0v) is 15.5. The lowest BCUT2D eigenvalue weighted by atomic mass is 10.1. The lowest BCUT2D eigenvalue weighted by Crippen LogP contribution is -2.43. The largest absolute Gasteiger partial charge is 0.360 e. The molecule has 1 aromatic carbocycles. The highest BCUT2D eigenvalue weighted by molar-refractivity contribution is 6.30. The van der Waals surface area contributed by atoms with Crippen LogP contribution in [0, 0.1) is 6.92 Å². The topological polar surface area (TPSA) is 75.4 Å². The third-order valence-corrected chi connectivity index (χ3v) is 4.74. The number of rotatable bonds is 6. The van der Waals surface area contributed by atoms with E-state index in [-0.39, 0.29) is 11.8 Å². The van der Waals surface area contributed by atoms with Gasteiger partial charge >= 0.3 is 0 Å². The molecule has 2 heterocycles. The predicted molar refractivity (Wildman–Crippen MR) is 99.0 cm³/mol. The third kappa shape index (κ3) is 4.64. The average Bonchev–Trinajstić information content (AvgIpc) is 3.24. The highest BCUT2D eigenvalue weighted by Gasteiger charge is 2.34. The van der Waals surface area contributed by atoms with E-state index in [0.29, 0.717) is 36.0 Å². The number of aromatic nitrogens is 1. The van der Waals surface area contributed by atoms with E-state index in [4.69, 9.17) is 16.1 Å².